The molecule has 1 N–H and O–H groups in total. The number of aromatic nitrogens is 1. The van der Waals surface area contributed by atoms with E-state index in [0.717, 1.165) is 6.42 Å². The number of carboxylic acids is 1. The van der Waals surface area contributed by atoms with E-state index in [1.807, 2.05) is 11.8 Å². The topological polar surface area (TPSA) is 96.6 Å². The highest BCUT2D eigenvalue weighted by Gasteiger charge is 2.42. The second kappa shape index (κ2) is 6.07. The van der Waals surface area contributed by atoms with Crippen LogP contribution in [0.5, 0.6) is 0 Å². The molecule has 2 heterocycles. The third kappa shape index (κ3) is 2.96. The summed E-state index contributed by atoms with van der Waals surface area (Å²) in [4.78, 5) is 27.9. The Labute approximate surface area is 122 Å². The summed E-state index contributed by atoms with van der Waals surface area (Å²) in [5.41, 5.74) is -0.434. The summed E-state index contributed by atoms with van der Waals surface area (Å²) in [5, 5.41) is 20.7. The van der Waals surface area contributed by atoms with Crippen molar-refractivity contribution in [1.82, 2.24) is 4.98 Å². The smallest absolute Gasteiger partial charge is 0.311 e. The monoisotopic (exact) mass is 293 g/mol. The van der Waals surface area contributed by atoms with Crippen molar-refractivity contribution in [2.75, 3.05) is 18.0 Å². The van der Waals surface area contributed by atoms with Crippen LogP contribution in [-0.2, 0) is 4.79 Å². The van der Waals surface area contributed by atoms with Crippen LogP contribution in [0.3, 0.4) is 0 Å². The van der Waals surface area contributed by atoms with Gasteiger partial charge in [0.1, 0.15) is 11.9 Å². The molecule has 1 aliphatic heterocycles. The van der Waals surface area contributed by atoms with Crippen molar-refractivity contribution < 1.29 is 14.8 Å². The number of pyridine rings is 1. The standard InChI is InChI=1S/C14H19N3O4/c1-2-5-14(13(18)19)6-3-8-16(10-14)11-4-7-15-9-12(11)17(20)21/h4,7,9H,2-3,5-6,8,10H2,1H3,(H,18,19). The maximum absolute atomic E-state index is 11.7. The Morgan fingerprint density at radius 2 is 2.38 bits per heavy atom. The summed E-state index contributed by atoms with van der Waals surface area (Å²) < 4.78 is 0. The van der Waals surface area contributed by atoms with Gasteiger partial charge in [0.05, 0.1) is 10.3 Å². The lowest BCUT2D eigenvalue weighted by molar-refractivity contribution is -0.384. The second-order valence-corrected chi connectivity index (χ2v) is 5.48. The van der Waals surface area contributed by atoms with Gasteiger partial charge in [-0.15, -0.1) is 0 Å². The van der Waals surface area contributed by atoms with Gasteiger partial charge in [0.25, 0.3) is 0 Å². The predicted octanol–water partition coefficient (Wildman–Crippen LogP) is 2.46. The zero-order valence-corrected chi connectivity index (χ0v) is 12.0. The molecule has 1 unspecified atom stereocenters. The van der Waals surface area contributed by atoms with Gasteiger partial charge in [0, 0.05) is 19.3 Å². The molecule has 0 saturated carbocycles. The largest absolute Gasteiger partial charge is 0.481 e. The van der Waals surface area contributed by atoms with Gasteiger partial charge in [-0.2, -0.15) is 0 Å². The number of piperidine rings is 1. The van der Waals surface area contributed by atoms with Crippen LogP contribution in [0.1, 0.15) is 32.6 Å². The normalized spacial score (nSPS) is 22.0. The highest BCUT2D eigenvalue weighted by molar-refractivity contribution is 5.76. The van der Waals surface area contributed by atoms with E-state index in [2.05, 4.69) is 4.98 Å². The fourth-order valence-electron chi connectivity index (χ4n) is 3.09. The first-order valence-electron chi connectivity index (χ1n) is 7.07. The Balaban J connectivity index is 2.33. The van der Waals surface area contributed by atoms with Crippen LogP contribution < -0.4 is 4.90 Å². The quantitative estimate of drug-likeness (QED) is 0.661. The molecule has 0 spiro atoms. The zero-order valence-electron chi connectivity index (χ0n) is 12.0. The third-order valence-electron chi connectivity index (χ3n) is 4.07. The summed E-state index contributed by atoms with van der Waals surface area (Å²) >= 11 is 0. The van der Waals surface area contributed by atoms with E-state index >= 15 is 0 Å². The lowest BCUT2D eigenvalue weighted by Gasteiger charge is -2.40. The highest BCUT2D eigenvalue weighted by Crippen LogP contribution is 2.39. The Bertz CT molecular complexity index is 545. The minimum Gasteiger partial charge on any atom is -0.481 e. The average molecular weight is 293 g/mol. The van der Waals surface area contributed by atoms with Gasteiger partial charge in [0.15, 0.2) is 0 Å². The van der Waals surface area contributed by atoms with E-state index in [9.17, 15) is 20.0 Å². The number of hydrogen-bond acceptors (Lipinski definition) is 5. The number of nitro groups is 1. The van der Waals surface area contributed by atoms with E-state index in [4.69, 9.17) is 0 Å². The molecule has 1 aromatic heterocycles. The van der Waals surface area contributed by atoms with Crippen LogP contribution in [0, 0.1) is 15.5 Å². The van der Waals surface area contributed by atoms with Gasteiger partial charge in [-0.25, -0.2) is 0 Å². The Kier molecular flexibility index (Phi) is 4.40. The maximum Gasteiger partial charge on any atom is 0.311 e. The van der Waals surface area contributed by atoms with Gasteiger partial charge in [-0.05, 0) is 25.3 Å². The molecule has 1 aromatic rings. The lowest BCUT2D eigenvalue weighted by Crippen LogP contribution is -2.48. The second-order valence-electron chi connectivity index (χ2n) is 5.48. The fraction of sp³-hybridized carbons (Fsp3) is 0.571. The summed E-state index contributed by atoms with van der Waals surface area (Å²) in [7, 11) is 0. The van der Waals surface area contributed by atoms with Gasteiger partial charge in [-0.3, -0.25) is 19.9 Å². The molecule has 1 fully saturated rings. The Morgan fingerprint density at radius 3 is 3.00 bits per heavy atom. The fourth-order valence-corrected chi connectivity index (χ4v) is 3.09. The average Bonchev–Trinajstić information content (AvgIpc) is 2.47. The first-order chi connectivity index (χ1) is 10.00. The molecule has 0 bridgehead atoms. The number of hydrogen-bond donors (Lipinski definition) is 1. The van der Waals surface area contributed by atoms with Crippen LogP contribution in [0.25, 0.3) is 0 Å². The van der Waals surface area contributed by atoms with Crippen LogP contribution in [0.4, 0.5) is 11.4 Å². The van der Waals surface area contributed by atoms with E-state index in [1.165, 1.54) is 12.4 Å². The van der Waals surface area contributed by atoms with E-state index < -0.39 is 16.3 Å². The van der Waals surface area contributed by atoms with Gasteiger partial charge >= 0.3 is 11.7 Å². The number of carboxylic acid groups (broad SMARTS) is 1. The maximum atomic E-state index is 11.7. The van der Waals surface area contributed by atoms with Crippen LogP contribution in [-0.4, -0.2) is 34.1 Å². The molecule has 0 amide bonds. The summed E-state index contributed by atoms with van der Waals surface area (Å²) in [6, 6.07) is 1.59. The third-order valence-corrected chi connectivity index (χ3v) is 4.07. The van der Waals surface area contributed by atoms with E-state index in [0.29, 0.717) is 38.0 Å². The molecular formula is C14H19N3O4. The number of anilines is 1. The molecule has 0 aromatic carbocycles. The highest BCUT2D eigenvalue weighted by atomic mass is 16.6. The summed E-state index contributed by atoms with van der Waals surface area (Å²) in [5.74, 6) is -0.814. The predicted molar refractivity (Wildman–Crippen MR) is 77.3 cm³/mol. The van der Waals surface area contributed by atoms with Gasteiger partial charge in [0.2, 0.25) is 0 Å². The molecule has 21 heavy (non-hydrogen) atoms. The van der Waals surface area contributed by atoms with Crippen molar-refractivity contribution in [1.29, 1.82) is 0 Å². The molecular weight excluding hydrogens is 274 g/mol. The molecule has 0 radical (unpaired) electrons. The van der Waals surface area contributed by atoms with Crippen LogP contribution in [0.2, 0.25) is 0 Å². The van der Waals surface area contributed by atoms with E-state index in [-0.39, 0.29) is 5.69 Å². The zero-order chi connectivity index (χ0) is 15.5. The van der Waals surface area contributed by atoms with Crippen molar-refractivity contribution in [2.24, 2.45) is 5.41 Å². The molecule has 1 atom stereocenters. The van der Waals surface area contributed by atoms with Crippen LogP contribution in [0.15, 0.2) is 18.5 Å². The SMILES string of the molecule is CCCC1(C(=O)O)CCCN(c2ccncc2[N+](=O)[O-])C1. The minimum absolute atomic E-state index is 0.0739. The summed E-state index contributed by atoms with van der Waals surface area (Å²) in [6.45, 7) is 2.89. The Hall–Kier alpha value is -2.18. The number of carbonyl (C=O) groups is 1. The minimum atomic E-state index is -0.815. The molecule has 7 nitrogen and oxygen atoms in total. The molecule has 0 aliphatic carbocycles. The van der Waals surface area contributed by atoms with Crippen molar-refractivity contribution >= 4 is 17.3 Å². The number of aliphatic carboxylic acids is 1. The van der Waals surface area contributed by atoms with Crippen molar-refractivity contribution in [3.05, 3.63) is 28.6 Å². The van der Waals surface area contributed by atoms with Crippen molar-refractivity contribution in [3.8, 4) is 0 Å². The van der Waals surface area contributed by atoms with Crippen LogP contribution >= 0.6 is 0 Å². The molecule has 114 valence electrons. The van der Waals surface area contributed by atoms with Crippen molar-refractivity contribution in [2.45, 2.75) is 32.6 Å². The first-order valence-corrected chi connectivity index (χ1v) is 7.07. The number of rotatable bonds is 5. The summed E-state index contributed by atoms with van der Waals surface area (Å²) in [6.07, 6.45) is 5.40. The molecule has 2 rings (SSSR count). The van der Waals surface area contributed by atoms with Gasteiger partial charge in [-0.1, -0.05) is 13.3 Å². The molecule has 1 saturated heterocycles. The van der Waals surface area contributed by atoms with E-state index in [1.54, 1.807) is 6.07 Å². The molecule has 7 heteroatoms. The lowest BCUT2D eigenvalue weighted by atomic mass is 9.76. The van der Waals surface area contributed by atoms with Gasteiger partial charge < -0.3 is 10.0 Å². The Morgan fingerprint density at radius 1 is 1.62 bits per heavy atom. The van der Waals surface area contributed by atoms with Crippen molar-refractivity contribution in [3.63, 3.8) is 0 Å². The first kappa shape index (κ1) is 15.2. The molecule has 1 aliphatic rings. The number of nitrogens with zero attached hydrogens (tertiary/aromatic N) is 3.